The molecule has 1 heterocycles. The van der Waals surface area contributed by atoms with Crippen molar-refractivity contribution in [2.75, 3.05) is 5.32 Å². The highest BCUT2D eigenvalue weighted by Gasteiger charge is 2.13. The SMILES string of the molecule is CCCC[C@H](N)C(=O)Nc1cccc(-c2csc(C)n2)c1. The highest BCUT2D eigenvalue weighted by Crippen LogP contribution is 2.24. The Bertz CT molecular complexity index is 609. The van der Waals surface area contributed by atoms with Gasteiger partial charge in [0.25, 0.3) is 0 Å². The Balaban J connectivity index is 2.06. The van der Waals surface area contributed by atoms with Crippen molar-refractivity contribution < 1.29 is 4.79 Å². The van der Waals surface area contributed by atoms with Crippen LogP contribution in [0.5, 0.6) is 0 Å². The van der Waals surface area contributed by atoms with E-state index in [2.05, 4.69) is 17.2 Å². The maximum atomic E-state index is 12.0. The predicted octanol–water partition coefficient (Wildman–Crippen LogP) is 3.57. The first-order valence-electron chi connectivity index (χ1n) is 7.19. The largest absolute Gasteiger partial charge is 0.325 e. The summed E-state index contributed by atoms with van der Waals surface area (Å²) >= 11 is 1.61. The Morgan fingerprint density at radius 2 is 2.29 bits per heavy atom. The van der Waals surface area contributed by atoms with Crippen molar-refractivity contribution >= 4 is 22.9 Å². The summed E-state index contributed by atoms with van der Waals surface area (Å²) in [5.41, 5.74) is 8.57. The van der Waals surface area contributed by atoms with Crippen LogP contribution in [0, 0.1) is 6.92 Å². The lowest BCUT2D eigenvalue weighted by Crippen LogP contribution is -2.35. The summed E-state index contributed by atoms with van der Waals surface area (Å²) in [5.74, 6) is -0.130. The molecule has 2 aromatic rings. The van der Waals surface area contributed by atoms with Gasteiger partial charge in [-0.15, -0.1) is 11.3 Å². The number of nitrogens with zero attached hydrogens (tertiary/aromatic N) is 1. The second-order valence-corrected chi connectivity index (χ2v) is 6.13. The molecular formula is C16H21N3OS. The second kappa shape index (κ2) is 7.33. The highest BCUT2D eigenvalue weighted by molar-refractivity contribution is 7.09. The van der Waals surface area contributed by atoms with Gasteiger partial charge in [0.15, 0.2) is 0 Å². The van der Waals surface area contributed by atoms with Gasteiger partial charge in [0.1, 0.15) is 0 Å². The van der Waals surface area contributed by atoms with Crippen molar-refractivity contribution in [1.29, 1.82) is 0 Å². The number of carbonyl (C=O) groups is 1. The number of carbonyl (C=O) groups excluding carboxylic acids is 1. The summed E-state index contributed by atoms with van der Waals surface area (Å²) in [4.78, 5) is 16.5. The molecule has 1 atom stereocenters. The van der Waals surface area contributed by atoms with E-state index in [0.717, 1.165) is 34.8 Å². The molecule has 0 bridgehead atoms. The van der Waals surface area contributed by atoms with E-state index in [1.807, 2.05) is 36.6 Å². The number of aryl methyl sites for hydroxylation is 1. The number of anilines is 1. The van der Waals surface area contributed by atoms with Crippen LogP contribution in [0.25, 0.3) is 11.3 Å². The van der Waals surface area contributed by atoms with E-state index < -0.39 is 6.04 Å². The number of hydrogen-bond acceptors (Lipinski definition) is 4. The van der Waals surface area contributed by atoms with Crippen LogP contribution in [-0.2, 0) is 4.79 Å². The zero-order valence-electron chi connectivity index (χ0n) is 12.4. The quantitative estimate of drug-likeness (QED) is 0.857. The third-order valence-corrected chi connectivity index (χ3v) is 4.02. The standard InChI is InChI=1S/C16H21N3OS/c1-3-4-8-14(17)16(20)19-13-7-5-6-12(9-13)15-10-21-11(2)18-15/h5-7,9-10,14H,3-4,8,17H2,1-2H3,(H,19,20)/t14-/m0/s1. The third-order valence-electron chi connectivity index (χ3n) is 3.25. The van der Waals surface area contributed by atoms with Gasteiger partial charge in [-0.3, -0.25) is 4.79 Å². The van der Waals surface area contributed by atoms with Crippen LogP contribution in [0.3, 0.4) is 0 Å². The van der Waals surface area contributed by atoms with E-state index >= 15 is 0 Å². The van der Waals surface area contributed by atoms with Gasteiger partial charge in [-0.05, 0) is 25.5 Å². The lowest BCUT2D eigenvalue weighted by atomic mass is 10.1. The number of benzene rings is 1. The number of nitrogens with two attached hydrogens (primary N) is 1. The van der Waals surface area contributed by atoms with Crippen LogP contribution >= 0.6 is 11.3 Å². The lowest BCUT2D eigenvalue weighted by molar-refractivity contribution is -0.117. The van der Waals surface area contributed by atoms with Gasteiger partial charge in [0.2, 0.25) is 5.91 Å². The molecule has 1 amide bonds. The van der Waals surface area contributed by atoms with Crippen molar-refractivity contribution in [1.82, 2.24) is 4.98 Å². The monoisotopic (exact) mass is 303 g/mol. The number of nitrogens with one attached hydrogen (secondary N) is 1. The van der Waals surface area contributed by atoms with Gasteiger partial charge in [-0.1, -0.05) is 31.9 Å². The van der Waals surface area contributed by atoms with Crippen LogP contribution in [0.15, 0.2) is 29.6 Å². The number of hydrogen-bond donors (Lipinski definition) is 2. The summed E-state index contributed by atoms with van der Waals surface area (Å²) in [6.07, 6.45) is 2.72. The fourth-order valence-corrected chi connectivity index (χ4v) is 2.66. The first kappa shape index (κ1) is 15.7. The van der Waals surface area contributed by atoms with Crippen LogP contribution in [0.4, 0.5) is 5.69 Å². The minimum Gasteiger partial charge on any atom is -0.325 e. The van der Waals surface area contributed by atoms with Crippen molar-refractivity contribution in [3.8, 4) is 11.3 Å². The maximum absolute atomic E-state index is 12.0. The molecule has 112 valence electrons. The topological polar surface area (TPSA) is 68.0 Å². The Kier molecular flexibility index (Phi) is 5.47. The van der Waals surface area contributed by atoms with Crippen LogP contribution in [0.1, 0.15) is 31.2 Å². The first-order valence-corrected chi connectivity index (χ1v) is 8.07. The number of rotatable bonds is 6. The molecular weight excluding hydrogens is 282 g/mol. The fraction of sp³-hybridized carbons (Fsp3) is 0.375. The lowest BCUT2D eigenvalue weighted by Gasteiger charge is -2.12. The molecule has 2 rings (SSSR count). The molecule has 1 aromatic heterocycles. The molecule has 0 fully saturated rings. The fourth-order valence-electron chi connectivity index (χ4n) is 2.04. The van der Waals surface area contributed by atoms with Gasteiger partial charge >= 0.3 is 0 Å². The molecule has 0 unspecified atom stereocenters. The molecule has 3 N–H and O–H groups in total. The van der Waals surface area contributed by atoms with E-state index in [-0.39, 0.29) is 5.91 Å². The van der Waals surface area contributed by atoms with E-state index in [1.165, 1.54) is 0 Å². The number of unbranched alkanes of at least 4 members (excludes halogenated alkanes) is 1. The van der Waals surface area contributed by atoms with E-state index in [9.17, 15) is 4.79 Å². The normalized spacial score (nSPS) is 12.1. The van der Waals surface area contributed by atoms with Gasteiger partial charge in [-0.25, -0.2) is 4.98 Å². The molecule has 21 heavy (non-hydrogen) atoms. The van der Waals surface area contributed by atoms with E-state index in [0.29, 0.717) is 6.42 Å². The van der Waals surface area contributed by atoms with E-state index in [1.54, 1.807) is 11.3 Å². The van der Waals surface area contributed by atoms with Crippen LogP contribution in [-0.4, -0.2) is 16.9 Å². The van der Waals surface area contributed by atoms with E-state index in [4.69, 9.17) is 5.73 Å². The average molecular weight is 303 g/mol. The van der Waals surface area contributed by atoms with Crippen molar-refractivity contribution in [3.05, 3.63) is 34.7 Å². The molecule has 1 aromatic carbocycles. The zero-order chi connectivity index (χ0) is 15.2. The molecule has 0 spiro atoms. The minimum absolute atomic E-state index is 0.130. The Labute approximate surface area is 129 Å². The summed E-state index contributed by atoms with van der Waals surface area (Å²) < 4.78 is 0. The molecule has 0 saturated heterocycles. The highest BCUT2D eigenvalue weighted by atomic mass is 32.1. The second-order valence-electron chi connectivity index (χ2n) is 5.07. The van der Waals surface area contributed by atoms with Crippen LogP contribution < -0.4 is 11.1 Å². The van der Waals surface area contributed by atoms with Gasteiger partial charge in [0, 0.05) is 16.6 Å². The number of amides is 1. The molecule has 0 saturated carbocycles. The maximum Gasteiger partial charge on any atom is 0.241 e. The first-order chi connectivity index (χ1) is 10.1. The Morgan fingerprint density at radius 1 is 1.48 bits per heavy atom. The van der Waals surface area contributed by atoms with Crippen molar-refractivity contribution in [2.45, 2.75) is 39.2 Å². The number of thiazole rings is 1. The van der Waals surface area contributed by atoms with Gasteiger partial charge in [0.05, 0.1) is 16.7 Å². The summed E-state index contributed by atoms with van der Waals surface area (Å²) in [7, 11) is 0. The zero-order valence-corrected chi connectivity index (χ0v) is 13.2. The molecule has 0 aliphatic carbocycles. The number of aromatic nitrogens is 1. The molecule has 0 aliphatic heterocycles. The minimum atomic E-state index is -0.449. The Hall–Kier alpha value is -1.72. The smallest absolute Gasteiger partial charge is 0.241 e. The van der Waals surface area contributed by atoms with Crippen molar-refractivity contribution in [3.63, 3.8) is 0 Å². The summed E-state index contributed by atoms with van der Waals surface area (Å²) in [6.45, 7) is 4.07. The molecule has 4 nitrogen and oxygen atoms in total. The van der Waals surface area contributed by atoms with Crippen LogP contribution in [0.2, 0.25) is 0 Å². The predicted molar refractivity (Wildman–Crippen MR) is 88.4 cm³/mol. The summed E-state index contributed by atoms with van der Waals surface area (Å²) in [6, 6.07) is 7.25. The van der Waals surface area contributed by atoms with Crippen molar-refractivity contribution in [2.24, 2.45) is 5.73 Å². The summed E-state index contributed by atoms with van der Waals surface area (Å²) in [5, 5.41) is 5.93. The molecule has 5 heteroatoms. The molecule has 0 radical (unpaired) electrons. The Morgan fingerprint density at radius 3 is 2.95 bits per heavy atom. The van der Waals surface area contributed by atoms with Gasteiger partial charge < -0.3 is 11.1 Å². The molecule has 0 aliphatic rings. The third kappa shape index (κ3) is 4.37. The average Bonchev–Trinajstić information content (AvgIpc) is 2.91. The van der Waals surface area contributed by atoms with Gasteiger partial charge in [-0.2, -0.15) is 0 Å².